The first-order chi connectivity index (χ1) is 29.5. The summed E-state index contributed by atoms with van der Waals surface area (Å²) in [5, 5.41) is 2.65. The molecule has 0 unspecified atom stereocenters. The number of benzene rings is 9. The van der Waals surface area contributed by atoms with Crippen LogP contribution in [0.25, 0.3) is 64.7 Å². The normalized spacial score (nSPS) is 14.4. The minimum absolute atomic E-state index is 0.152. The molecule has 3 aliphatic rings. The highest BCUT2D eigenvalue weighted by molar-refractivity contribution is 7.26. The first-order valence-corrected chi connectivity index (χ1v) is 21.8. The second-order valence-electron chi connectivity index (χ2n) is 17.1. The van der Waals surface area contributed by atoms with Gasteiger partial charge in [-0.15, -0.1) is 11.3 Å². The monoisotopic (exact) mass is 781 g/mol. The summed E-state index contributed by atoms with van der Waals surface area (Å²) in [5.41, 5.74) is 21.4. The summed E-state index contributed by atoms with van der Waals surface area (Å²) < 4.78 is 2.60. The predicted octanol–water partition coefficient (Wildman–Crippen LogP) is 15.8. The van der Waals surface area contributed by atoms with Crippen LogP contribution in [0, 0.1) is 0 Å². The Balaban J connectivity index is 1.20. The summed E-state index contributed by atoms with van der Waals surface area (Å²) in [6.07, 6.45) is 0. The van der Waals surface area contributed by atoms with Crippen molar-refractivity contribution in [1.82, 2.24) is 0 Å². The van der Waals surface area contributed by atoms with Crippen LogP contribution < -0.4 is 4.90 Å². The van der Waals surface area contributed by atoms with Crippen molar-refractivity contribution in [3.8, 4) is 44.5 Å². The Morgan fingerprint density at radius 3 is 1.65 bits per heavy atom. The van der Waals surface area contributed by atoms with Gasteiger partial charge in [0.15, 0.2) is 0 Å². The molecule has 0 amide bonds. The van der Waals surface area contributed by atoms with Crippen LogP contribution in [-0.2, 0) is 10.8 Å². The predicted molar refractivity (Wildman–Crippen MR) is 253 cm³/mol. The number of hydrogen-bond acceptors (Lipinski definition) is 2. The van der Waals surface area contributed by atoms with E-state index in [1.807, 2.05) is 11.3 Å². The molecule has 0 bridgehead atoms. The number of nitrogens with zero attached hydrogens (tertiary/aromatic N) is 1. The van der Waals surface area contributed by atoms with E-state index in [4.69, 9.17) is 0 Å². The van der Waals surface area contributed by atoms with Gasteiger partial charge in [0.05, 0.1) is 21.5 Å². The highest BCUT2D eigenvalue weighted by Gasteiger charge is 2.52. The van der Waals surface area contributed by atoms with Gasteiger partial charge in [-0.05, 0) is 103 Å². The lowest BCUT2D eigenvalue weighted by Gasteiger charge is -2.33. The van der Waals surface area contributed by atoms with Crippen molar-refractivity contribution in [2.24, 2.45) is 0 Å². The van der Waals surface area contributed by atoms with Crippen molar-refractivity contribution < 1.29 is 0 Å². The van der Waals surface area contributed by atoms with Crippen LogP contribution in [0.2, 0.25) is 0 Å². The fourth-order valence-corrected chi connectivity index (χ4v) is 12.6. The Morgan fingerprint density at radius 1 is 0.400 bits per heavy atom. The van der Waals surface area contributed by atoms with Crippen molar-refractivity contribution in [1.29, 1.82) is 0 Å². The molecule has 9 aromatic carbocycles. The molecule has 0 atom stereocenters. The summed E-state index contributed by atoms with van der Waals surface area (Å²) in [6, 6.07) is 75.4. The summed E-state index contributed by atoms with van der Waals surface area (Å²) in [4.78, 5) is 2.60. The molecule has 0 saturated heterocycles. The van der Waals surface area contributed by atoms with Gasteiger partial charge < -0.3 is 4.90 Å². The van der Waals surface area contributed by atoms with E-state index in [-0.39, 0.29) is 5.41 Å². The summed E-state index contributed by atoms with van der Waals surface area (Å²) >= 11 is 1.92. The molecule has 13 rings (SSSR count). The van der Waals surface area contributed by atoms with Crippen molar-refractivity contribution >= 4 is 48.6 Å². The first kappa shape index (κ1) is 33.9. The van der Waals surface area contributed by atoms with Gasteiger partial charge in [-0.1, -0.05) is 184 Å². The third-order valence-corrected chi connectivity index (χ3v) is 15.1. The zero-order valence-electron chi connectivity index (χ0n) is 33.4. The van der Waals surface area contributed by atoms with Crippen molar-refractivity contribution in [3.63, 3.8) is 0 Å². The van der Waals surface area contributed by atoms with Gasteiger partial charge in [-0.25, -0.2) is 0 Å². The minimum atomic E-state index is -0.489. The number of thiophene rings is 1. The van der Waals surface area contributed by atoms with Crippen LogP contribution in [0.3, 0.4) is 0 Å². The molecule has 1 heterocycles. The quantitative estimate of drug-likeness (QED) is 0.172. The molecule has 282 valence electrons. The van der Waals surface area contributed by atoms with Gasteiger partial charge in [-0.3, -0.25) is 0 Å². The fourth-order valence-electron chi connectivity index (χ4n) is 11.4. The van der Waals surface area contributed by atoms with Crippen LogP contribution >= 0.6 is 11.3 Å². The third-order valence-electron chi connectivity index (χ3n) is 13.9. The number of fused-ring (bicyclic) bond motifs is 17. The maximum atomic E-state index is 2.60. The maximum Gasteiger partial charge on any atom is 0.0726 e. The average Bonchev–Trinajstić information content (AvgIpc) is 3.99. The lowest BCUT2D eigenvalue weighted by Crippen LogP contribution is -2.26. The Labute approximate surface area is 354 Å². The molecule has 0 saturated carbocycles. The van der Waals surface area contributed by atoms with Crippen molar-refractivity contribution in [2.75, 3.05) is 4.90 Å². The Hall–Kier alpha value is -7.00. The van der Waals surface area contributed by atoms with E-state index in [0.29, 0.717) is 0 Å². The first-order valence-electron chi connectivity index (χ1n) is 21.0. The molecule has 3 aliphatic carbocycles. The smallest absolute Gasteiger partial charge is 0.0726 e. The Kier molecular flexibility index (Phi) is 6.94. The van der Waals surface area contributed by atoms with E-state index in [0.717, 1.165) is 11.4 Å². The number of anilines is 3. The molecule has 1 nitrogen and oxygen atoms in total. The molecule has 10 aromatic rings. The summed E-state index contributed by atoms with van der Waals surface area (Å²) in [5.74, 6) is 0. The fraction of sp³-hybridized carbons (Fsp3) is 0.0690. The van der Waals surface area contributed by atoms with E-state index < -0.39 is 5.41 Å². The SMILES string of the molecule is CC1(C)c2ccccc2-c2ccc(N(c3ccccc3-c3ccccc3)c3cc4c(c5c3sc3ccccc35)-c3ccccc3C43c4ccccc4-c4ccccc43)cc21. The van der Waals surface area contributed by atoms with Crippen LogP contribution in [0.5, 0.6) is 0 Å². The molecular formula is C58H39NS. The highest BCUT2D eigenvalue weighted by atomic mass is 32.1. The molecule has 0 aliphatic heterocycles. The van der Waals surface area contributed by atoms with Gasteiger partial charge in [-0.2, -0.15) is 0 Å². The molecule has 0 N–H and O–H groups in total. The van der Waals surface area contributed by atoms with E-state index in [2.05, 4.69) is 219 Å². The van der Waals surface area contributed by atoms with Crippen LogP contribution in [-0.4, -0.2) is 0 Å². The zero-order chi connectivity index (χ0) is 39.7. The van der Waals surface area contributed by atoms with Gasteiger partial charge in [0.2, 0.25) is 0 Å². The number of para-hydroxylation sites is 1. The topological polar surface area (TPSA) is 3.24 Å². The molecule has 60 heavy (non-hydrogen) atoms. The molecule has 0 fully saturated rings. The summed E-state index contributed by atoms with van der Waals surface area (Å²) in [6.45, 7) is 4.78. The lowest BCUT2D eigenvalue weighted by molar-refractivity contribution is 0.660. The zero-order valence-corrected chi connectivity index (χ0v) is 34.2. The molecular weight excluding hydrogens is 743 g/mol. The van der Waals surface area contributed by atoms with E-state index in [1.54, 1.807) is 0 Å². The second-order valence-corrected chi connectivity index (χ2v) is 18.2. The van der Waals surface area contributed by atoms with E-state index in [9.17, 15) is 0 Å². The maximum absolute atomic E-state index is 2.60. The average molecular weight is 782 g/mol. The standard InChI is InChI=1S/C58H39NS/c1-57(2)45-26-12-6-21-39(45)42-33-32-37(34-49(42)57)59(51-30-16-10-20-38(51)36-18-4-3-5-19-36)52-35-50-54(55-44-25-11-17-31-53(44)60-56(52)55)43-24-9-15-29-48(43)58(50)46-27-13-7-22-40(46)41-23-8-14-28-47(41)58/h3-35H,1-2H3. The van der Waals surface area contributed by atoms with Crippen LogP contribution in [0.15, 0.2) is 200 Å². The van der Waals surface area contributed by atoms with Gasteiger partial charge in [0.25, 0.3) is 0 Å². The Bertz CT molecular complexity index is 3380. The molecule has 1 spiro atoms. The van der Waals surface area contributed by atoms with Gasteiger partial charge in [0, 0.05) is 32.1 Å². The molecule has 2 heteroatoms. The minimum Gasteiger partial charge on any atom is -0.308 e. The van der Waals surface area contributed by atoms with E-state index in [1.165, 1.54) is 104 Å². The largest absolute Gasteiger partial charge is 0.308 e. The van der Waals surface area contributed by atoms with Crippen molar-refractivity contribution in [2.45, 2.75) is 24.7 Å². The highest BCUT2D eigenvalue weighted by Crippen LogP contribution is 2.66. The molecule has 0 radical (unpaired) electrons. The van der Waals surface area contributed by atoms with E-state index >= 15 is 0 Å². The van der Waals surface area contributed by atoms with Crippen LogP contribution in [0.1, 0.15) is 47.2 Å². The van der Waals surface area contributed by atoms with Gasteiger partial charge in [0.1, 0.15) is 0 Å². The lowest BCUT2D eigenvalue weighted by atomic mass is 9.70. The number of hydrogen-bond donors (Lipinski definition) is 0. The molecule has 1 aromatic heterocycles. The Morgan fingerprint density at radius 2 is 0.933 bits per heavy atom. The summed E-state index contributed by atoms with van der Waals surface area (Å²) in [7, 11) is 0. The number of rotatable bonds is 4. The third kappa shape index (κ3) is 4.31. The second kappa shape index (κ2) is 12.3. The van der Waals surface area contributed by atoms with Gasteiger partial charge >= 0.3 is 0 Å². The van der Waals surface area contributed by atoms with Crippen molar-refractivity contribution in [3.05, 3.63) is 234 Å². The van der Waals surface area contributed by atoms with Crippen LogP contribution in [0.4, 0.5) is 17.1 Å².